The van der Waals surface area contributed by atoms with Gasteiger partial charge in [0.2, 0.25) is 0 Å². The van der Waals surface area contributed by atoms with E-state index in [0.29, 0.717) is 5.69 Å². The van der Waals surface area contributed by atoms with Gasteiger partial charge < -0.3 is 15.2 Å². The van der Waals surface area contributed by atoms with Gasteiger partial charge in [-0.15, -0.1) is 0 Å². The quantitative estimate of drug-likeness (QED) is 0.710. The number of ether oxygens (including phenoxy) is 2. The molecular formula is C18H23F3N4O4. The monoisotopic (exact) mass is 416 g/mol. The van der Waals surface area contributed by atoms with Gasteiger partial charge >= 0.3 is 12.3 Å². The first-order valence-electron chi connectivity index (χ1n) is 9.52. The predicted molar refractivity (Wildman–Crippen MR) is 97.2 cm³/mol. The van der Waals surface area contributed by atoms with E-state index in [9.17, 15) is 18.4 Å². The van der Waals surface area contributed by atoms with Gasteiger partial charge in [-0.1, -0.05) is 0 Å². The Morgan fingerprint density at radius 2 is 2.03 bits per heavy atom. The second-order valence-corrected chi connectivity index (χ2v) is 7.67. The molecule has 0 spiro atoms. The van der Waals surface area contributed by atoms with Gasteiger partial charge in [0.25, 0.3) is 5.56 Å². The lowest BCUT2D eigenvalue weighted by molar-refractivity contribution is -0.167. The fourth-order valence-electron chi connectivity index (χ4n) is 4.44. The van der Waals surface area contributed by atoms with Crippen LogP contribution < -0.4 is 17.0 Å². The van der Waals surface area contributed by atoms with Crippen LogP contribution in [0.1, 0.15) is 36.2 Å². The second-order valence-electron chi connectivity index (χ2n) is 7.67. The molecule has 1 saturated heterocycles. The van der Waals surface area contributed by atoms with E-state index in [0.717, 1.165) is 18.9 Å². The summed E-state index contributed by atoms with van der Waals surface area (Å²) < 4.78 is 52.4. The molecule has 1 aromatic rings. The molecule has 1 saturated carbocycles. The van der Waals surface area contributed by atoms with Crippen LogP contribution >= 0.6 is 0 Å². The third-order valence-corrected chi connectivity index (χ3v) is 5.89. The van der Waals surface area contributed by atoms with Gasteiger partial charge in [0.05, 0.1) is 23.4 Å². The van der Waals surface area contributed by atoms with E-state index in [2.05, 4.69) is 9.72 Å². The Morgan fingerprint density at radius 3 is 2.62 bits per heavy atom. The molecule has 0 bridgehead atoms. The molecule has 3 aliphatic rings. The van der Waals surface area contributed by atoms with Gasteiger partial charge in [-0.25, -0.2) is 9.18 Å². The van der Waals surface area contributed by atoms with Crippen LogP contribution in [-0.2, 0) is 9.47 Å². The third-order valence-electron chi connectivity index (χ3n) is 5.89. The molecule has 0 aromatic carbocycles. The number of rotatable bonds is 6. The number of fused-ring (bicyclic) bond motifs is 1. The Hall–Kier alpha value is -1.95. The number of H-pyrrole nitrogens is 1. The molecule has 29 heavy (non-hydrogen) atoms. The van der Waals surface area contributed by atoms with E-state index in [4.69, 9.17) is 10.5 Å². The standard InChI is InChI=1S/C18H23F3N4O4/c1-28-15-13-10(16(26)23-18(27)25(13)9-2-3-9)4-11(19)14(15)24-6-8(5-22)12(7-24)29-17(20)21/h4,8-9,12,14-15,17H,2-3,5-7,22H2,1H3,(H,23,26,27). The van der Waals surface area contributed by atoms with Crippen molar-refractivity contribution in [3.05, 3.63) is 37.9 Å². The van der Waals surface area contributed by atoms with Crippen molar-refractivity contribution >= 4 is 6.08 Å². The maximum atomic E-state index is 15.1. The summed E-state index contributed by atoms with van der Waals surface area (Å²) >= 11 is 0. The van der Waals surface area contributed by atoms with Gasteiger partial charge in [0.1, 0.15) is 11.9 Å². The zero-order valence-corrected chi connectivity index (χ0v) is 15.8. The summed E-state index contributed by atoms with van der Waals surface area (Å²) in [6.07, 6.45) is 0.848. The molecule has 0 amide bonds. The van der Waals surface area contributed by atoms with Crippen molar-refractivity contribution in [3.8, 4) is 0 Å². The highest BCUT2D eigenvalue weighted by atomic mass is 19.3. The van der Waals surface area contributed by atoms with Crippen molar-refractivity contribution < 1.29 is 22.6 Å². The Kier molecular flexibility index (Phi) is 5.40. The van der Waals surface area contributed by atoms with E-state index in [1.54, 1.807) is 4.90 Å². The molecule has 0 radical (unpaired) electrons. The first-order chi connectivity index (χ1) is 13.8. The van der Waals surface area contributed by atoms with E-state index < -0.39 is 47.9 Å². The molecule has 2 fully saturated rings. The number of alkyl halides is 2. The van der Waals surface area contributed by atoms with Crippen LogP contribution in [0.2, 0.25) is 0 Å². The van der Waals surface area contributed by atoms with Gasteiger partial charge in [-0.05, 0) is 25.5 Å². The molecular weight excluding hydrogens is 393 g/mol. The van der Waals surface area contributed by atoms with Crippen molar-refractivity contribution in [1.29, 1.82) is 0 Å². The normalized spacial score (nSPS) is 29.9. The fourth-order valence-corrected chi connectivity index (χ4v) is 4.44. The van der Waals surface area contributed by atoms with Crippen LogP contribution in [0.15, 0.2) is 15.4 Å². The Morgan fingerprint density at radius 1 is 1.31 bits per heavy atom. The van der Waals surface area contributed by atoms with Crippen LogP contribution in [0.25, 0.3) is 6.08 Å². The van der Waals surface area contributed by atoms with Crippen molar-refractivity contribution in [3.63, 3.8) is 0 Å². The Bertz CT molecular complexity index is 927. The van der Waals surface area contributed by atoms with Crippen LogP contribution in [0.4, 0.5) is 13.2 Å². The van der Waals surface area contributed by atoms with Crippen molar-refractivity contribution in [2.45, 2.75) is 43.7 Å². The molecule has 1 aliphatic heterocycles. The van der Waals surface area contributed by atoms with Crippen LogP contribution in [0.5, 0.6) is 0 Å². The largest absolute Gasteiger partial charge is 0.373 e. The van der Waals surface area contributed by atoms with Gasteiger partial charge in [-0.2, -0.15) is 8.78 Å². The van der Waals surface area contributed by atoms with Crippen molar-refractivity contribution in [2.24, 2.45) is 11.7 Å². The zero-order valence-electron chi connectivity index (χ0n) is 15.8. The number of methoxy groups -OCH3 is 1. The molecule has 3 N–H and O–H groups in total. The molecule has 1 aromatic heterocycles. The summed E-state index contributed by atoms with van der Waals surface area (Å²) in [6, 6.07) is -1.05. The average Bonchev–Trinajstić information content (AvgIpc) is 3.41. The maximum absolute atomic E-state index is 15.1. The maximum Gasteiger partial charge on any atom is 0.345 e. The number of nitrogens with one attached hydrogen (secondary N) is 1. The fraction of sp³-hybridized carbons (Fsp3) is 0.667. The highest BCUT2D eigenvalue weighted by Crippen LogP contribution is 2.42. The Labute approximate surface area is 164 Å². The van der Waals surface area contributed by atoms with E-state index in [1.807, 2.05) is 0 Å². The van der Waals surface area contributed by atoms with Crippen LogP contribution in [0, 0.1) is 5.92 Å². The number of hydrogen-bond acceptors (Lipinski definition) is 6. The SMILES string of the molecule is COC1c2c(c(=O)[nH]c(=O)n2C2CC2)C=C(F)C1N1CC(CN)C(OC(F)F)C1. The highest BCUT2D eigenvalue weighted by Gasteiger charge is 2.46. The number of aromatic amines is 1. The topological polar surface area (TPSA) is 103 Å². The molecule has 4 rings (SSSR count). The van der Waals surface area contributed by atoms with Gasteiger partial charge in [0, 0.05) is 32.2 Å². The molecule has 11 heteroatoms. The van der Waals surface area contributed by atoms with E-state index >= 15 is 4.39 Å². The summed E-state index contributed by atoms with van der Waals surface area (Å²) in [7, 11) is 1.37. The lowest BCUT2D eigenvalue weighted by atomic mass is 9.93. The molecule has 160 valence electrons. The van der Waals surface area contributed by atoms with Crippen LogP contribution in [-0.4, -0.2) is 60.0 Å². The minimum absolute atomic E-state index is 0.0319. The number of nitrogens with two attached hydrogens (primary N) is 1. The first-order valence-corrected chi connectivity index (χ1v) is 9.52. The lowest BCUT2D eigenvalue weighted by Crippen LogP contribution is -2.46. The summed E-state index contributed by atoms with van der Waals surface area (Å²) in [5.41, 5.74) is 4.82. The van der Waals surface area contributed by atoms with Crippen molar-refractivity contribution in [1.82, 2.24) is 14.5 Å². The molecule has 2 heterocycles. The van der Waals surface area contributed by atoms with Gasteiger partial charge in [0.15, 0.2) is 0 Å². The predicted octanol–water partition coefficient (Wildman–Crippen LogP) is 0.750. The summed E-state index contributed by atoms with van der Waals surface area (Å²) in [5, 5.41) is 0. The minimum Gasteiger partial charge on any atom is -0.373 e. The third kappa shape index (κ3) is 3.56. The summed E-state index contributed by atoms with van der Waals surface area (Å²) in [4.78, 5) is 28.6. The zero-order chi connectivity index (χ0) is 20.9. The second kappa shape index (κ2) is 7.71. The average molecular weight is 416 g/mol. The molecule has 4 atom stereocenters. The summed E-state index contributed by atoms with van der Waals surface area (Å²) in [6.45, 7) is -2.60. The number of aromatic nitrogens is 2. The molecule has 4 unspecified atom stereocenters. The Balaban J connectivity index is 1.75. The lowest BCUT2D eigenvalue weighted by Gasteiger charge is -2.37. The number of likely N-dealkylation sites (tertiary alicyclic amines) is 1. The van der Waals surface area contributed by atoms with Gasteiger partial charge in [-0.3, -0.25) is 19.2 Å². The minimum atomic E-state index is -2.96. The first kappa shape index (κ1) is 20.3. The number of halogens is 3. The van der Waals surface area contributed by atoms with Crippen LogP contribution in [0.3, 0.4) is 0 Å². The smallest absolute Gasteiger partial charge is 0.345 e. The number of hydrogen-bond donors (Lipinski definition) is 2. The molecule has 2 aliphatic carbocycles. The number of nitrogens with zero attached hydrogens (tertiary/aromatic N) is 2. The van der Waals surface area contributed by atoms with E-state index in [-0.39, 0.29) is 31.2 Å². The van der Waals surface area contributed by atoms with Crippen molar-refractivity contribution in [2.75, 3.05) is 26.7 Å². The van der Waals surface area contributed by atoms with E-state index in [1.165, 1.54) is 11.7 Å². The molecule has 8 nitrogen and oxygen atoms in total. The highest BCUT2D eigenvalue weighted by molar-refractivity contribution is 5.58. The summed E-state index contributed by atoms with van der Waals surface area (Å²) in [5.74, 6) is -1.04.